The molecular formula is C32H29ClN2O5. The molecule has 2 amide bonds. The average Bonchev–Trinajstić information content (AvgIpc) is 2.97. The van der Waals surface area contributed by atoms with Crippen LogP contribution >= 0.6 is 11.6 Å². The number of carbonyl (C=O) groups excluding carboxylic acids is 1. The van der Waals surface area contributed by atoms with Crippen molar-refractivity contribution < 1.29 is 24.6 Å². The van der Waals surface area contributed by atoms with Gasteiger partial charge < -0.3 is 10.2 Å². The number of hydrogen-bond donors (Lipinski definition) is 2. The van der Waals surface area contributed by atoms with Crippen LogP contribution in [-0.4, -0.2) is 44.6 Å². The molecule has 5 rings (SSSR count). The second-order valence-corrected chi connectivity index (χ2v) is 10.6. The van der Waals surface area contributed by atoms with E-state index in [2.05, 4.69) is 4.98 Å². The van der Waals surface area contributed by atoms with Crippen LogP contribution in [0.15, 0.2) is 72.8 Å². The lowest BCUT2D eigenvalue weighted by atomic mass is 9.87. The van der Waals surface area contributed by atoms with Crippen molar-refractivity contribution in [2.75, 3.05) is 6.54 Å². The lowest BCUT2D eigenvalue weighted by Crippen LogP contribution is -2.37. The van der Waals surface area contributed by atoms with Crippen molar-refractivity contribution in [3.63, 3.8) is 0 Å². The Kier molecular flexibility index (Phi) is 8.12. The first kappa shape index (κ1) is 27.3. The van der Waals surface area contributed by atoms with Gasteiger partial charge >= 0.3 is 12.1 Å². The maximum Gasteiger partial charge on any atom is 0.414 e. The summed E-state index contributed by atoms with van der Waals surface area (Å²) in [5.41, 5.74) is 3.57. The number of carboxylic acids is 1. The van der Waals surface area contributed by atoms with E-state index in [1.807, 2.05) is 30.3 Å². The first-order valence-electron chi connectivity index (χ1n) is 13.4. The zero-order chi connectivity index (χ0) is 28.2. The number of fused-ring (bicyclic) bond motifs is 1. The van der Waals surface area contributed by atoms with Gasteiger partial charge in [0.25, 0.3) is 5.91 Å². The molecule has 7 nitrogen and oxygen atoms in total. The largest absolute Gasteiger partial charge is 0.478 e. The monoisotopic (exact) mass is 556 g/mol. The van der Waals surface area contributed by atoms with Gasteiger partial charge in [-0.1, -0.05) is 86.2 Å². The van der Waals surface area contributed by atoms with Crippen LogP contribution in [0.4, 0.5) is 4.79 Å². The van der Waals surface area contributed by atoms with Crippen molar-refractivity contribution in [3.8, 4) is 22.4 Å². The number of imide groups is 1. The summed E-state index contributed by atoms with van der Waals surface area (Å²) in [5, 5.41) is 20.5. The summed E-state index contributed by atoms with van der Waals surface area (Å²) in [5.74, 6) is -1.15. The molecule has 1 aliphatic rings. The number of aromatic nitrogens is 1. The Morgan fingerprint density at radius 1 is 0.875 bits per heavy atom. The molecule has 1 fully saturated rings. The van der Waals surface area contributed by atoms with E-state index in [-0.39, 0.29) is 17.7 Å². The number of nitrogens with zero attached hydrogens (tertiary/aromatic N) is 2. The van der Waals surface area contributed by atoms with Gasteiger partial charge in [0.05, 0.1) is 16.8 Å². The number of amides is 2. The van der Waals surface area contributed by atoms with E-state index in [1.165, 1.54) is 6.42 Å². The predicted molar refractivity (Wildman–Crippen MR) is 155 cm³/mol. The molecule has 1 saturated carbocycles. The molecule has 0 atom stereocenters. The van der Waals surface area contributed by atoms with Crippen molar-refractivity contribution in [1.82, 2.24) is 9.88 Å². The standard InChI is InChI=1S/C32H29ClN2O5/c33-27-15-14-23(30(36)35(32(39)40)17-16-20-6-2-1-3-7-20)18-25(27)21-10-12-22(13-11-21)29-19-26(31(37)38)24-8-4-5-9-28(24)34-29/h4-5,8-15,18-20H,1-3,6-7,16-17H2,(H,37,38)(H,39,40). The molecule has 0 unspecified atom stereocenters. The first-order chi connectivity index (χ1) is 19.3. The van der Waals surface area contributed by atoms with Gasteiger partial charge in [-0.15, -0.1) is 0 Å². The highest BCUT2D eigenvalue weighted by molar-refractivity contribution is 6.33. The van der Waals surface area contributed by atoms with Gasteiger partial charge in [-0.25, -0.2) is 19.5 Å². The molecule has 0 spiro atoms. The van der Waals surface area contributed by atoms with Gasteiger partial charge in [0.15, 0.2) is 0 Å². The van der Waals surface area contributed by atoms with E-state index >= 15 is 0 Å². The number of carbonyl (C=O) groups is 3. The normalized spacial score (nSPS) is 13.7. The van der Waals surface area contributed by atoms with Gasteiger partial charge in [0.2, 0.25) is 0 Å². The number of rotatable bonds is 7. The summed E-state index contributed by atoms with van der Waals surface area (Å²) in [6.45, 7) is 0.169. The molecule has 3 aromatic carbocycles. The minimum absolute atomic E-state index is 0.169. The summed E-state index contributed by atoms with van der Waals surface area (Å²) in [6.07, 6.45) is 5.10. The first-order valence-corrected chi connectivity index (χ1v) is 13.8. The van der Waals surface area contributed by atoms with Gasteiger partial charge in [-0.05, 0) is 48.2 Å². The number of para-hydroxylation sites is 1. The van der Waals surface area contributed by atoms with Crippen LogP contribution in [0.5, 0.6) is 0 Å². The number of halogens is 1. The van der Waals surface area contributed by atoms with Crippen molar-refractivity contribution in [3.05, 3.63) is 88.9 Å². The molecule has 1 aromatic heterocycles. The third kappa shape index (κ3) is 5.84. The van der Waals surface area contributed by atoms with Crippen molar-refractivity contribution in [1.29, 1.82) is 0 Å². The molecule has 0 saturated heterocycles. The second kappa shape index (κ2) is 11.9. The molecule has 8 heteroatoms. The summed E-state index contributed by atoms with van der Waals surface area (Å²) < 4.78 is 0. The summed E-state index contributed by atoms with van der Waals surface area (Å²) in [6, 6.07) is 20.7. The van der Waals surface area contributed by atoms with Crippen LogP contribution < -0.4 is 0 Å². The molecule has 40 heavy (non-hydrogen) atoms. The van der Waals surface area contributed by atoms with Crippen LogP contribution in [0.1, 0.15) is 59.2 Å². The molecular weight excluding hydrogens is 528 g/mol. The zero-order valence-corrected chi connectivity index (χ0v) is 22.6. The highest BCUT2D eigenvalue weighted by Crippen LogP contribution is 2.32. The number of pyridine rings is 1. The zero-order valence-electron chi connectivity index (χ0n) is 21.8. The Balaban J connectivity index is 1.40. The van der Waals surface area contributed by atoms with E-state index in [1.54, 1.807) is 42.5 Å². The number of benzene rings is 3. The quantitative estimate of drug-likeness (QED) is 0.239. The Morgan fingerprint density at radius 2 is 1.57 bits per heavy atom. The van der Waals surface area contributed by atoms with E-state index in [0.717, 1.165) is 41.7 Å². The van der Waals surface area contributed by atoms with Crippen LogP contribution in [0, 0.1) is 5.92 Å². The van der Waals surface area contributed by atoms with Gasteiger partial charge in [-0.2, -0.15) is 0 Å². The maximum atomic E-state index is 13.2. The van der Waals surface area contributed by atoms with Crippen LogP contribution in [0.2, 0.25) is 5.02 Å². The lowest BCUT2D eigenvalue weighted by molar-refractivity contribution is 0.0694. The fourth-order valence-corrected chi connectivity index (χ4v) is 5.65. The fraction of sp³-hybridized carbons (Fsp3) is 0.250. The highest BCUT2D eigenvalue weighted by atomic mass is 35.5. The van der Waals surface area contributed by atoms with Crippen molar-refractivity contribution >= 4 is 40.5 Å². The number of aromatic carboxylic acids is 1. The summed E-state index contributed by atoms with van der Waals surface area (Å²) >= 11 is 6.50. The Hall–Kier alpha value is -4.23. The average molecular weight is 557 g/mol. The Morgan fingerprint density at radius 3 is 2.27 bits per heavy atom. The third-order valence-corrected chi connectivity index (χ3v) is 7.94. The van der Waals surface area contributed by atoms with Crippen molar-refractivity contribution in [2.24, 2.45) is 5.92 Å². The van der Waals surface area contributed by atoms with E-state index in [0.29, 0.717) is 39.5 Å². The molecule has 204 valence electrons. The molecule has 1 aliphatic carbocycles. The SMILES string of the molecule is O=C(O)c1cc(-c2ccc(-c3cc(C(=O)N(CCC4CCCCC4)C(=O)O)ccc3Cl)cc2)nc2ccccc12. The highest BCUT2D eigenvalue weighted by Gasteiger charge is 2.25. The van der Waals surface area contributed by atoms with Crippen LogP contribution in [-0.2, 0) is 0 Å². The predicted octanol–water partition coefficient (Wildman–Crippen LogP) is 8.01. The van der Waals surface area contributed by atoms with E-state index in [4.69, 9.17) is 11.6 Å². The topological polar surface area (TPSA) is 108 Å². The second-order valence-electron chi connectivity index (χ2n) is 10.2. The minimum Gasteiger partial charge on any atom is -0.478 e. The maximum absolute atomic E-state index is 13.2. The molecule has 0 radical (unpaired) electrons. The molecule has 4 aromatic rings. The van der Waals surface area contributed by atoms with E-state index < -0.39 is 18.0 Å². The van der Waals surface area contributed by atoms with Gasteiger partial charge in [0, 0.05) is 33.6 Å². The summed E-state index contributed by atoms with van der Waals surface area (Å²) in [7, 11) is 0. The lowest BCUT2D eigenvalue weighted by Gasteiger charge is -2.24. The Labute approximate surface area is 237 Å². The van der Waals surface area contributed by atoms with Crippen LogP contribution in [0.25, 0.3) is 33.3 Å². The minimum atomic E-state index is -1.26. The summed E-state index contributed by atoms with van der Waals surface area (Å²) in [4.78, 5) is 42.6. The fourth-order valence-electron chi connectivity index (χ4n) is 5.43. The Bertz CT molecular complexity index is 1580. The van der Waals surface area contributed by atoms with Gasteiger partial charge in [-0.3, -0.25) is 4.79 Å². The molecule has 2 N–H and O–H groups in total. The van der Waals surface area contributed by atoms with Gasteiger partial charge in [0.1, 0.15) is 0 Å². The molecule has 1 heterocycles. The van der Waals surface area contributed by atoms with E-state index in [9.17, 15) is 24.6 Å². The smallest absolute Gasteiger partial charge is 0.414 e. The molecule has 0 aliphatic heterocycles. The van der Waals surface area contributed by atoms with Crippen LogP contribution in [0.3, 0.4) is 0 Å². The number of hydrogen-bond acceptors (Lipinski definition) is 4. The third-order valence-electron chi connectivity index (χ3n) is 7.61. The molecule has 0 bridgehead atoms. The van der Waals surface area contributed by atoms with Crippen molar-refractivity contribution in [2.45, 2.75) is 38.5 Å². The number of carboxylic acid groups (broad SMARTS) is 2.